The molecular formula is C9H7Cl3F8O. The van der Waals surface area contributed by atoms with Crippen LogP contribution in [0.1, 0.15) is 19.8 Å². The number of alkyl halides is 11. The SMILES string of the molecule is CCCC(=O)C(F)(F)C(F)(Cl)C(F)(F)C(F)(Cl)C(F)(F)Cl. The number of ketones is 1. The molecule has 0 aromatic carbocycles. The maximum atomic E-state index is 13.6. The summed E-state index contributed by atoms with van der Waals surface area (Å²) in [7, 11) is 0. The van der Waals surface area contributed by atoms with Gasteiger partial charge in [-0.25, -0.2) is 8.78 Å². The molecule has 0 aromatic heterocycles. The van der Waals surface area contributed by atoms with Crippen LogP contribution in [0.5, 0.6) is 0 Å². The lowest BCUT2D eigenvalue weighted by molar-refractivity contribution is -0.259. The first-order valence-corrected chi connectivity index (χ1v) is 6.23. The first-order chi connectivity index (χ1) is 8.98. The second-order valence-corrected chi connectivity index (χ2v) is 5.48. The van der Waals surface area contributed by atoms with E-state index in [2.05, 4.69) is 34.8 Å². The molecule has 0 saturated carbocycles. The van der Waals surface area contributed by atoms with E-state index in [-0.39, 0.29) is 6.42 Å². The van der Waals surface area contributed by atoms with Crippen molar-refractivity contribution in [2.24, 2.45) is 0 Å². The molecule has 0 spiro atoms. The third-order valence-electron chi connectivity index (χ3n) is 2.37. The molecule has 21 heavy (non-hydrogen) atoms. The highest BCUT2D eigenvalue weighted by Crippen LogP contribution is 2.60. The van der Waals surface area contributed by atoms with E-state index >= 15 is 0 Å². The summed E-state index contributed by atoms with van der Waals surface area (Å²) in [5.74, 6) is -14.5. The molecule has 126 valence electrons. The quantitative estimate of drug-likeness (QED) is 0.428. The first kappa shape index (κ1) is 21.0. The molecule has 0 rings (SSSR count). The molecule has 0 aromatic rings. The molecule has 0 amide bonds. The van der Waals surface area contributed by atoms with Crippen LogP contribution in [0.15, 0.2) is 0 Å². The van der Waals surface area contributed by atoms with Gasteiger partial charge in [0.2, 0.25) is 5.78 Å². The van der Waals surface area contributed by atoms with Gasteiger partial charge in [0.15, 0.2) is 0 Å². The average molecular weight is 389 g/mol. The Labute approximate surface area is 128 Å². The lowest BCUT2D eigenvalue weighted by atomic mass is 9.96. The van der Waals surface area contributed by atoms with E-state index < -0.39 is 39.7 Å². The van der Waals surface area contributed by atoms with Gasteiger partial charge in [0, 0.05) is 6.42 Å². The fourth-order valence-electron chi connectivity index (χ4n) is 1.13. The van der Waals surface area contributed by atoms with E-state index in [0.717, 1.165) is 6.92 Å². The molecule has 0 saturated heterocycles. The molecule has 0 radical (unpaired) electrons. The summed E-state index contributed by atoms with van der Waals surface area (Å²) in [5, 5.41) is -17.3. The van der Waals surface area contributed by atoms with Crippen LogP contribution in [0, 0.1) is 0 Å². The van der Waals surface area contributed by atoms with Crippen LogP contribution in [-0.2, 0) is 4.79 Å². The minimum absolute atomic E-state index is 0.319. The minimum Gasteiger partial charge on any atom is -0.293 e. The van der Waals surface area contributed by atoms with Gasteiger partial charge in [-0.05, 0) is 18.0 Å². The van der Waals surface area contributed by atoms with Crippen molar-refractivity contribution >= 4 is 40.6 Å². The Balaban J connectivity index is 5.94. The number of halogens is 11. The summed E-state index contributed by atoms with van der Waals surface area (Å²) < 4.78 is 105. The van der Waals surface area contributed by atoms with Crippen molar-refractivity contribution in [3.63, 3.8) is 0 Å². The van der Waals surface area contributed by atoms with Crippen LogP contribution in [0.25, 0.3) is 0 Å². The number of carbonyl (C=O) groups is 1. The summed E-state index contributed by atoms with van der Waals surface area (Å²) in [5.41, 5.74) is 0. The zero-order valence-corrected chi connectivity index (χ0v) is 12.2. The van der Waals surface area contributed by atoms with Gasteiger partial charge in [-0.15, -0.1) is 0 Å². The number of carbonyl (C=O) groups excluding carboxylic acids is 1. The number of hydrogen-bond acceptors (Lipinski definition) is 1. The molecule has 2 atom stereocenters. The Morgan fingerprint density at radius 1 is 0.857 bits per heavy atom. The third-order valence-corrected chi connectivity index (χ3v) is 3.67. The van der Waals surface area contributed by atoms with E-state index in [4.69, 9.17) is 0 Å². The highest BCUT2D eigenvalue weighted by atomic mass is 35.5. The lowest BCUT2D eigenvalue weighted by Gasteiger charge is -2.39. The second-order valence-electron chi connectivity index (χ2n) is 3.97. The molecule has 0 aliphatic rings. The van der Waals surface area contributed by atoms with Crippen LogP contribution >= 0.6 is 34.8 Å². The summed E-state index contributed by atoms with van der Waals surface area (Å²) in [6, 6.07) is 0. The molecule has 0 aliphatic carbocycles. The zero-order chi connectivity index (χ0) is 17.5. The van der Waals surface area contributed by atoms with Crippen LogP contribution in [0.2, 0.25) is 0 Å². The molecular weight excluding hydrogens is 382 g/mol. The van der Waals surface area contributed by atoms with Crippen LogP contribution in [0.3, 0.4) is 0 Å². The number of rotatable bonds is 7. The van der Waals surface area contributed by atoms with E-state index in [0.29, 0.717) is 0 Å². The standard InChI is InChI=1S/C9H7Cl3F8O/c1-2-3-4(21)5(13,14)6(10,15)8(17,18)7(11,16)9(12,19)20/h2-3H2,1H3. The monoisotopic (exact) mass is 388 g/mol. The van der Waals surface area contributed by atoms with Crippen LogP contribution in [0.4, 0.5) is 35.1 Å². The fraction of sp³-hybridized carbons (Fsp3) is 0.889. The normalized spacial score (nSPS) is 19.8. The smallest absolute Gasteiger partial charge is 0.293 e. The zero-order valence-electron chi connectivity index (χ0n) is 9.98. The van der Waals surface area contributed by atoms with Crippen molar-refractivity contribution in [2.45, 2.75) is 47.2 Å². The fourth-order valence-corrected chi connectivity index (χ4v) is 1.66. The van der Waals surface area contributed by atoms with E-state index in [1.54, 1.807) is 0 Å². The predicted molar refractivity (Wildman–Crippen MR) is 60.0 cm³/mol. The lowest BCUT2D eigenvalue weighted by Crippen LogP contribution is -2.66. The van der Waals surface area contributed by atoms with Gasteiger partial charge in [-0.2, -0.15) is 26.3 Å². The Bertz CT molecular complexity index is 404. The molecule has 0 aliphatic heterocycles. The Kier molecular flexibility index (Phi) is 5.88. The number of Topliss-reactive ketones (excluding diaryl/α,β-unsaturated/α-hetero) is 1. The Morgan fingerprint density at radius 3 is 1.52 bits per heavy atom. The van der Waals surface area contributed by atoms with Gasteiger partial charge in [0.05, 0.1) is 0 Å². The third kappa shape index (κ3) is 3.19. The second kappa shape index (κ2) is 5.88. The summed E-state index contributed by atoms with van der Waals surface area (Å²) in [6.07, 6.45) is -1.43. The van der Waals surface area contributed by atoms with Crippen molar-refractivity contribution < 1.29 is 39.9 Å². The summed E-state index contributed by atoms with van der Waals surface area (Å²) in [4.78, 5) is 10.9. The van der Waals surface area contributed by atoms with Crippen LogP contribution < -0.4 is 0 Å². The Hall–Kier alpha value is -0.0200. The molecule has 2 unspecified atom stereocenters. The first-order valence-electron chi connectivity index (χ1n) is 5.09. The average Bonchev–Trinajstić information content (AvgIpc) is 2.26. The van der Waals surface area contributed by atoms with Crippen molar-refractivity contribution in [2.75, 3.05) is 0 Å². The molecule has 1 nitrogen and oxygen atoms in total. The highest BCUT2D eigenvalue weighted by Gasteiger charge is 2.84. The largest absolute Gasteiger partial charge is 0.375 e. The van der Waals surface area contributed by atoms with Crippen LogP contribution in [-0.4, -0.2) is 33.3 Å². The van der Waals surface area contributed by atoms with Crippen molar-refractivity contribution in [1.29, 1.82) is 0 Å². The maximum Gasteiger partial charge on any atom is 0.375 e. The van der Waals surface area contributed by atoms with Crippen molar-refractivity contribution in [3.8, 4) is 0 Å². The topological polar surface area (TPSA) is 17.1 Å². The van der Waals surface area contributed by atoms with Crippen molar-refractivity contribution in [1.82, 2.24) is 0 Å². The summed E-state index contributed by atoms with van der Waals surface area (Å²) in [6.45, 7) is 1.16. The van der Waals surface area contributed by atoms with Crippen molar-refractivity contribution in [3.05, 3.63) is 0 Å². The van der Waals surface area contributed by atoms with Gasteiger partial charge in [-0.3, -0.25) is 4.79 Å². The van der Waals surface area contributed by atoms with Gasteiger partial charge < -0.3 is 0 Å². The highest BCUT2D eigenvalue weighted by molar-refractivity contribution is 6.34. The van der Waals surface area contributed by atoms with Gasteiger partial charge in [0.25, 0.3) is 0 Å². The molecule has 12 heteroatoms. The van der Waals surface area contributed by atoms with Gasteiger partial charge >= 0.3 is 27.5 Å². The number of hydrogen-bond donors (Lipinski definition) is 0. The predicted octanol–water partition coefficient (Wildman–Crippen LogP) is 5.27. The molecule has 0 bridgehead atoms. The van der Waals surface area contributed by atoms with Gasteiger partial charge in [0.1, 0.15) is 0 Å². The van der Waals surface area contributed by atoms with E-state index in [1.165, 1.54) is 0 Å². The summed E-state index contributed by atoms with van der Waals surface area (Å²) >= 11 is 12.3. The van der Waals surface area contributed by atoms with E-state index in [9.17, 15) is 39.9 Å². The minimum atomic E-state index is -6.42. The van der Waals surface area contributed by atoms with E-state index in [1.807, 2.05) is 0 Å². The molecule has 0 heterocycles. The molecule has 0 N–H and O–H groups in total. The Morgan fingerprint density at radius 2 is 1.24 bits per heavy atom. The van der Waals surface area contributed by atoms with Gasteiger partial charge in [-0.1, -0.05) is 30.1 Å². The molecule has 0 fully saturated rings. The maximum absolute atomic E-state index is 13.6.